The summed E-state index contributed by atoms with van der Waals surface area (Å²) in [6, 6.07) is 11.8. The minimum atomic E-state index is -1.01. The Balaban J connectivity index is 1.96. The normalized spacial score (nSPS) is 13.7. The number of rotatable bonds is 4. The molecular formula is C17H14ClNO3. The monoisotopic (exact) mass is 315 g/mol. The molecular weight excluding hydrogens is 302 g/mol. The van der Waals surface area contributed by atoms with E-state index in [9.17, 15) is 9.59 Å². The second-order valence-corrected chi connectivity index (χ2v) is 5.74. The van der Waals surface area contributed by atoms with Crippen molar-refractivity contribution in [2.45, 2.75) is 18.9 Å². The van der Waals surface area contributed by atoms with Crippen molar-refractivity contribution in [1.29, 1.82) is 0 Å². The van der Waals surface area contributed by atoms with Crippen molar-refractivity contribution in [3.05, 3.63) is 58.6 Å². The van der Waals surface area contributed by atoms with Crippen LogP contribution in [0.5, 0.6) is 0 Å². The van der Waals surface area contributed by atoms with Gasteiger partial charge < -0.3 is 10.4 Å². The Morgan fingerprint density at radius 3 is 2.55 bits per heavy atom. The number of benzene rings is 2. The summed E-state index contributed by atoms with van der Waals surface area (Å²) in [6.45, 7) is 0. The van der Waals surface area contributed by atoms with Gasteiger partial charge in [0.15, 0.2) is 0 Å². The van der Waals surface area contributed by atoms with Crippen molar-refractivity contribution < 1.29 is 14.7 Å². The smallest absolute Gasteiger partial charge is 0.335 e. The highest BCUT2D eigenvalue weighted by atomic mass is 35.5. The Hall–Kier alpha value is -2.33. The first-order chi connectivity index (χ1) is 10.5. The highest BCUT2D eigenvalue weighted by Crippen LogP contribution is 2.30. The maximum atomic E-state index is 12.1. The van der Waals surface area contributed by atoms with Gasteiger partial charge in [0.05, 0.1) is 5.56 Å². The van der Waals surface area contributed by atoms with Crippen molar-refractivity contribution in [1.82, 2.24) is 5.32 Å². The molecule has 0 spiro atoms. The molecule has 2 N–H and O–H groups in total. The Labute approximate surface area is 132 Å². The van der Waals surface area contributed by atoms with E-state index in [4.69, 9.17) is 16.7 Å². The summed E-state index contributed by atoms with van der Waals surface area (Å²) in [5.74, 6) is -1.13. The molecule has 1 saturated carbocycles. The van der Waals surface area contributed by atoms with Crippen molar-refractivity contribution in [3.8, 4) is 11.1 Å². The van der Waals surface area contributed by atoms with E-state index >= 15 is 0 Å². The van der Waals surface area contributed by atoms with Crippen LogP contribution in [-0.4, -0.2) is 23.0 Å². The fourth-order valence-corrected chi connectivity index (χ4v) is 2.43. The first-order valence-electron chi connectivity index (χ1n) is 6.99. The number of carbonyl (C=O) groups is 2. The third-order valence-corrected chi connectivity index (χ3v) is 3.89. The Morgan fingerprint density at radius 1 is 1.09 bits per heavy atom. The maximum Gasteiger partial charge on any atom is 0.335 e. The van der Waals surface area contributed by atoms with Crippen LogP contribution in [0, 0.1) is 0 Å². The number of nitrogens with one attached hydrogen (secondary N) is 1. The molecule has 0 heterocycles. The zero-order valence-corrected chi connectivity index (χ0v) is 12.4. The van der Waals surface area contributed by atoms with Crippen LogP contribution >= 0.6 is 11.6 Å². The average Bonchev–Trinajstić information content (AvgIpc) is 3.31. The van der Waals surface area contributed by atoms with Crippen LogP contribution in [0.4, 0.5) is 0 Å². The molecule has 0 bridgehead atoms. The molecule has 0 saturated heterocycles. The van der Waals surface area contributed by atoms with E-state index < -0.39 is 5.97 Å². The lowest BCUT2D eigenvalue weighted by Crippen LogP contribution is -2.25. The van der Waals surface area contributed by atoms with E-state index in [2.05, 4.69) is 5.32 Å². The first-order valence-corrected chi connectivity index (χ1v) is 7.36. The van der Waals surface area contributed by atoms with Crippen molar-refractivity contribution >= 4 is 23.5 Å². The number of halogens is 1. The predicted octanol–water partition coefficient (Wildman–Crippen LogP) is 3.60. The molecule has 0 aromatic heterocycles. The lowest BCUT2D eigenvalue weighted by Gasteiger charge is -2.09. The lowest BCUT2D eigenvalue weighted by atomic mass is 10.0. The van der Waals surface area contributed by atoms with E-state index in [0.29, 0.717) is 16.1 Å². The van der Waals surface area contributed by atoms with Gasteiger partial charge in [-0.25, -0.2) is 4.79 Å². The predicted molar refractivity (Wildman–Crippen MR) is 84.3 cm³/mol. The van der Waals surface area contributed by atoms with Gasteiger partial charge in [-0.3, -0.25) is 4.79 Å². The third kappa shape index (κ3) is 3.12. The number of carboxylic acids is 1. The molecule has 0 atom stereocenters. The van der Waals surface area contributed by atoms with Crippen LogP contribution in [0.3, 0.4) is 0 Å². The van der Waals surface area contributed by atoms with Crippen LogP contribution in [0.2, 0.25) is 5.02 Å². The summed E-state index contributed by atoms with van der Waals surface area (Å²) in [7, 11) is 0. The molecule has 0 aliphatic heterocycles. The van der Waals surface area contributed by atoms with Crippen molar-refractivity contribution in [2.24, 2.45) is 0 Å². The lowest BCUT2D eigenvalue weighted by molar-refractivity contribution is 0.0696. The number of hydrogen-bond donors (Lipinski definition) is 2. The molecule has 112 valence electrons. The van der Waals surface area contributed by atoms with Gasteiger partial charge in [0.25, 0.3) is 5.91 Å². The zero-order valence-electron chi connectivity index (χ0n) is 11.7. The van der Waals surface area contributed by atoms with Gasteiger partial charge in [0.2, 0.25) is 0 Å². The second kappa shape index (κ2) is 5.81. The van der Waals surface area contributed by atoms with Gasteiger partial charge in [-0.05, 0) is 48.7 Å². The molecule has 1 fully saturated rings. The molecule has 22 heavy (non-hydrogen) atoms. The highest BCUT2D eigenvalue weighted by Gasteiger charge is 2.23. The van der Waals surface area contributed by atoms with Crippen LogP contribution in [0.15, 0.2) is 42.5 Å². The zero-order chi connectivity index (χ0) is 15.7. The van der Waals surface area contributed by atoms with E-state index in [1.807, 2.05) is 0 Å². The van der Waals surface area contributed by atoms with E-state index in [1.165, 1.54) is 12.1 Å². The minimum absolute atomic E-state index is 0.116. The molecule has 3 rings (SSSR count). The fourth-order valence-electron chi connectivity index (χ4n) is 2.20. The van der Waals surface area contributed by atoms with E-state index in [-0.39, 0.29) is 17.5 Å². The molecule has 1 aliphatic rings. The fraction of sp³-hybridized carbons (Fsp3) is 0.176. The van der Waals surface area contributed by atoms with Gasteiger partial charge in [-0.1, -0.05) is 23.7 Å². The topological polar surface area (TPSA) is 66.4 Å². The van der Waals surface area contributed by atoms with Gasteiger partial charge in [-0.15, -0.1) is 0 Å². The Bertz CT molecular complexity index is 753. The largest absolute Gasteiger partial charge is 0.478 e. The number of hydrogen-bond acceptors (Lipinski definition) is 2. The van der Waals surface area contributed by atoms with Crippen LogP contribution in [0.1, 0.15) is 33.6 Å². The van der Waals surface area contributed by atoms with Crippen LogP contribution in [0.25, 0.3) is 11.1 Å². The van der Waals surface area contributed by atoms with Crippen molar-refractivity contribution in [3.63, 3.8) is 0 Å². The maximum absolute atomic E-state index is 12.1. The second-order valence-electron chi connectivity index (χ2n) is 5.33. The molecule has 1 amide bonds. The number of carboxylic acid groups (broad SMARTS) is 1. The molecule has 0 radical (unpaired) electrons. The Morgan fingerprint density at radius 2 is 1.86 bits per heavy atom. The molecule has 1 aliphatic carbocycles. The molecule has 2 aromatic rings. The number of aromatic carboxylic acids is 1. The van der Waals surface area contributed by atoms with Gasteiger partial charge in [0, 0.05) is 22.2 Å². The molecule has 2 aromatic carbocycles. The molecule has 0 unspecified atom stereocenters. The summed E-state index contributed by atoms with van der Waals surface area (Å²) in [5.41, 5.74) is 2.02. The summed E-state index contributed by atoms with van der Waals surface area (Å²) in [5, 5.41) is 12.5. The van der Waals surface area contributed by atoms with E-state index in [1.54, 1.807) is 30.3 Å². The average molecular weight is 316 g/mol. The SMILES string of the molecule is O=C(O)c1ccc(Cl)c(-c2cccc(C(=O)NC3CC3)c2)c1. The van der Waals surface area contributed by atoms with Crippen molar-refractivity contribution in [2.75, 3.05) is 0 Å². The summed E-state index contributed by atoms with van der Waals surface area (Å²) in [4.78, 5) is 23.2. The standard InChI is InChI=1S/C17H14ClNO3/c18-15-7-4-12(17(21)22)9-14(15)10-2-1-3-11(8-10)16(20)19-13-5-6-13/h1-4,7-9,13H,5-6H2,(H,19,20)(H,21,22). The molecule has 4 nitrogen and oxygen atoms in total. The quantitative estimate of drug-likeness (QED) is 0.906. The van der Waals surface area contributed by atoms with E-state index in [0.717, 1.165) is 18.4 Å². The van der Waals surface area contributed by atoms with Crippen LogP contribution in [-0.2, 0) is 0 Å². The number of carbonyl (C=O) groups excluding carboxylic acids is 1. The number of amides is 1. The van der Waals surface area contributed by atoms with Gasteiger partial charge >= 0.3 is 5.97 Å². The van der Waals surface area contributed by atoms with Gasteiger partial charge in [-0.2, -0.15) is 0 Å². The van der Waals surface area contributed by atoms with Crippen LogP contribution < -0.4 is 5.32 Å². The summed E-state index contributed by atoms with van der Waals surface area (Å²) < 4.78 is 0. The summed E-state index contributed by atoms with van der Waals surface area (Å²) in [6.07, 6.45) is 2.05. The third-order valence-electron chi connectivity index (χ3n) is 3.56. The summed E-state index contributed by atoms with van der Waals surface area (Å²) >= 11 is 6.17. The minimum Gasteiger partial charge on any atom is -0.478 e. The van der Waals surface area contributed by atoms with Gasteiger partial charge in [0.1, 0.15) is 0 Å². The highest BCUT2D eigenvalue weighted by molar-refractivity contribution is 6.33. The Kier molecular flexibility index (Phi) is 3.86. The first kappa shape index (κ1) is 14.6. The molecule has 5 heteroatoms.